The van der Waals surface area contributed by atoms with Crippen molar-refractivity contribution in [1.82, 2.24) is 9.55 Å². The number of hydrogen-bond acceptors (Lipinski definition) is 4. The number of piperidine rings is 1. The molecule has 0 saturated carbocycles. The molecule has 0 N–H and O–H groups in total. The van der Waals surface area contributed by atoms with Crippen LogP contribution in [0, 0.1) is 23.3 Å². The smallest absolute Gasteiger partial charge is 0.298 e. The highest BCUT2D eigenvalue weighted by molar-refractivity contribution is 5.78. The third-order valence-electron chi connectivity index (χ3n) is 5.78. The SMILES string of the molecule is O=c1ccc(-c2nc(N3CCCCC3)oc2-c2ccc(F)cc2F)cn1-c1c(F)cccc1F. The van der Waals surface area contributed by atoms with Crippen LogP contribution in [0.5, 0.6) is 0 Å². The molecule has 34 heavy (non-hydrogen) atoms. The Labute approximate surface area is 191 Å². The Balaban J connectivity index is 1.70. The molecule has 1 aliphatic rings. The Hall–Kier alpha value is -3.88. The highest BCUT2D eigenvalue weighted by Gasteiger charge is 2.25. The number of oxazole rings is 1. The van der Waals surface area contributed by atoms with Crippen LogP contribution in [0.4, 0.5) is 23.6 Å². The summed E-state index contributed by atoms with van der Waals surface area (Å²) in [5.41, 5.74) is -0.794. The van der Waals surface area contributed by atoms with Crippen molar-refractivity contribution in [3.05, 3.63) is 88.4 Å². The second-order valence-electron chi connectivity index (χ2n) is 8.04. The van der Waals surface area contributed by atoms with Crippen LogP contribution >= 0.6 is 0 Å². The van der Waals surface area contributed by atoms with Crippen LogP contribution in [-0.2, 0) is 0 Å². The number of benzene rings is 2. The fraction of sp³-hybridized carbons (Fsp3) is 0.200. The van der Waals surface area contributed by atoms with Gasteiger partial charge in [-0.15, -0.1) is 0 Å². The lowest BCUT2D eigenvalue weighted by Gasteiger charge is -2.24. The van der Waals surface area contributed by atoms with Crippen molar-refractivity contribution in [2.75, 3.05) is 18.0 Å². The van der Waals surface area contributed by atoms with Crippen molar-refractivity contribution in [3.63, 3.8) is 0 Å². The zero-order valence-corrected chi connectivity index (χ0v) is 17.9. The lowest BCUT2D eigenvalue weighted by Crippen LogP contribution is -2.29. The summed E-state index contributed by atoms with van der Waals surface area (Å²) in [5.74, 6) is -3.41. The predicted molar refractivity (Wildman–Crippen MR) is 119 cm³/mol. The van der Waals surface area contributed by atoms with E-state index in [0.29, 0.717) is 13.1 Å². The molecule has 0 aliphatic carbocycles. The van der Waals surface area contributed by atoms with Crippen molar-refractivity contribution in [3.8, 4) is 28.3 Å². The fourth-order valence-corrected chi connectivity index (χ4v) is 4.10. The molecule has 0 spiro atoms. The second-order valence-corrected chi connectivity index (χ2v) is 8.04. The van der Waals surface area contributed by atoms with Crippen LogP contribution in [0.2, 0.25) is 0 Å². The van der Waals surface area contributed by atoms with Gasteiger partial charge in [-0.3, -0.25) is 9.36 Å². The van der Waals surface area contributed by atoms with Gasteiger partial charge in [0.15, 0.2) is 5.76 Å². The minimum Gasteiger partial charge on any atom is -0.423 e. The molecule has 9 heteroatoms. The van der Waals surface area contributed by atoms with Gasteiger partial charge in [-0.25, -0.2) is 17.6 Å². The first-order valence-electron chi connectivity index (χ1n) is 10.8. The molecule has 0 bridgehead atoms. The third kappa shape index (κ3) is 3.98. The minimum atomic E-state index is -0.918. The molecule has 0 unspecified atom stereocenters. The number of halogens is 4. The monoisotopic (exact) mass is 469 g/mol. The Morgan fingerprint density at radius 1 is 0.853 bits per heavy atom. The number of hydrogen-bond donors (Lipinski definition) is 0. The summed E-state index contributed by atoms with van der Waals surface area (Å²) in [5, 5.41) is 0. The molecule has 4 aromatic rings. The quantitative estimate of drug-likeness (QED) is 0.360. The number of pyridine rings is 1. The summed E-state index contributed by atoms with van der Waals surface area (Å²) in [7, 11) is 0. The number of para-hydroxylation sites is 1. The largest absolute Gasteiger partial charge is 0.423 e. The van der Waals surface area contributed by atoms with Gasteiger partial charge in [0, 0.05) is 37.0 Å². The molecule has 1 fully saturated rings. The first-order chi connectivity index (χ1) is 16.4. The topological polar surface area (TPSA) is 51.3 Å². The Kier molecular flexibility index (Phi) is 5.69. The summed E-state index contributed by atoms with van der Waals surface area (Å²) >= 11 is 0. The third-order valence-corrected chi connectivity index (χ3v) is 5.78. The van der Waals surface area contributed by atoms with E-state index in [9.17, 15) is 22.4 Å². The van der Waals surface area contributed by atoms with Crippen LogP contribution in [0.1, 0.15) is 19.3 Å². The molecule has 0 atom stereocenters. The zero-order chi connectivity index (χ0) is 23.8. The standard InChI is InChI=1S/C25H19F4N3O2/c26-16-8-9-17(20(29)13-16)24-22(30-25(34-24)31-11-2-1-3-12-31)15-7-10-21(33)32(14-15)23-18(27)5-4-6-19(23)28/h4-10,13-14H,1-3,11-12H2. The van der Waals surface area contributed by atoms with Gasteiger partial charge < -0.3 is 9.32 Å². The van der Waals surface area contributed by atoms with Gasteiger partial charge in [-0.1, -0.05) is 6.07 Å². The molecule has 2 aromatic heterocycles. The first kappa shape index (κ1) is 21.9. The van der Waals surface area contributed by atoms with E-state index in [1.54, 1.807) is 0 Å². The van der Waals surface area contributed by atoms with E-state index in [1.165, 1.54) is 24.4 Å². The normalized spacial score (nSPS) is 13.9. The predicted octanol–water partition coefficient (Wildman–Crippen LogP) is 5.71. The van der Waals surface area contributed by atoms with E-state index in [2.05, 4.69) is 4.98 Å². The van der Waals surface area contributed by atoms with E-state index in [0.717, 1.165) is 54.2 Å². The lowest BCUT2D eigenvalue weighted by molar-refractivity contribution is 0.495. The van der Waals surface area contributed by atoms with Crippen molar-refractivity contribution >= 4 is 6.01 Å². The molecule has 2 aromatic carbocycles. The average Bonchev–Trinajstić information content (AvgIpc) is 3.26. The van der Waals surface area contributed by atoms with Gasteiger partial charge in [-0.2, -0.15) is 4.98 Å². The molecule has 0 radical (unpaired) electrons. The summed E-state index contributed by atoms with van der Waals surface area (Å²) in [6.07, 6.45) is 4.18. The van der Waals surface area contributed by atoms with Crippen LogP contribution < -0.4 is 10.5 Å². The van der Waals surface area contributed by atoms with Crippen LogP contribution in [0.15, 0.2) is 63.9 Å². The molecule has 174 valence electrons. The summed E-state index contributed by atoms with van der Waals surface area (Å²) < 4.78 is 63.8. The Morgan fingerprint density at radius 3 is 2.29 bits per heavy atom. The van der Waals surface area contributed by atoms with E-state index >= 15 is 0 Å². The summed E-state index contributed by atoms with van der Waals surface area (Å²) in [6, 6.07) is 9.16. The highest BCUT2D eigenvalue weighted by Crippen LogP contribution is 2.37. The summed E-state index contributed by atoms with van der Waals surface area (Å²) in [6.45, 7) is 1.40. The molecule has 1 aliphatic heterocycles. The second kappa shape index (κ2) is 8.81. The van der Waals surface area contributed by atoms with Gasteiger partial charge in [-0.05, 0) is 49.6 Å². The van der Waals surface area contributed by atoms with E-state index in [4.69, 9.17) is 4.42 Å². The van der Waals surface area contributed by atoms with Gasteiger partial charge in [0.1, 0.15) is 34.7 Å². The van der Waals surface area contributed by atoms with Crippen molar-refractivity contribution in [1.29, 1.82) is 0 Å². The molecule has 5 nitrogen and oxygen atoms in total. The van der Waals surface area contributed by atoms with E-state index < -0.39 is 34.5 Å². The van der Waals surface area contributed by atoms with Gasteiger partial charge in [0.05, 0.1) is 5.56 Å². The van der Waals surface area contributed by atoms with Gasteiger partial charge in [0.25, 0.3) is 11.6 Å². The maximum absolute atomic E-state index is 14.7. The number of nitrogens with zero attached hydrogens (tertiary/aromatic N) is 3. The minimum absolute atomic E-state index is 0.0253. The Bertz CT molecular complexity index is 1400. The van der Waals surface area contributed by atoms with Crippen molar-refractivity contribution in [2.45, 2.75) is 19.3 Å². The Morgan fingerprint density at radius 2 is 1.59 bits per heavy atom. The average molecular weight is 469 g/mol. The lowest BCUT2D eigenvalue weighted by atomic mass is 10.1. The van der Waals surface area contributed by atoms with Crippen molar-refractivity contribution in [2.24, 2.45) is 0 Å². The maximum Gasteiger partial charge on any atom is 0.298 e. The first-order valence-corrected chi connectivity index (χ1v) is 10.8. The number of anilines is 1. The van der Waals surface area contributed by atoms with Crippen molar-refractivity contribution < 1.29 is 22.0 Å². The van der Waals surface area contributed by atoms with Crippen LogP contribution in [-0.4, -0.2) is 22.6 Å². The summed E-state index contributed by atoms with van der Waals surface area (Å²) in [4.78, 5) is 19.0. The van der Waals surface area contributed by atoms with Crippen LogP contribution in [0.25, 0.3) is 28.3 Å². The van der Waals surface area contributed by atoms with Gasteiger partial charge >= 0.3 is 0 Å². The van der Waals surface area contributed by atoms with E-state index in [1.807, 2.05) is 4.90 Å². The maximum atomic E-state index is 14.7. The molecular formula is C25H19F4N3O2. The van der Waals surface area contributed by atoms with Gasteiger partial charge in [0.2, 0.25) is 0 Å². The number of rotatable bonds is 4. The van der Waals surface area contributed by atoms with E-state index in [-0.39, 0.29) is 28.6 Å². The molecule has 0 amide bonds. The molecular weight excluding hydrogens is 450 g/mol. The highest BCUT2D eigenvalue weighted by atomic mass is 19.1. The van der Waals surface area contributed by atoms with Crippen LogP contribution in [0.3, 0.4) is 0 Å². The molecule has 1 saturated heterocycles. The fourth-order valence-electron chi connectivity index (χ4n) is 4.10. The molecule has 5 rings (SSSR count). The molecule has 3 heterocycles. The number of aromatic nitrogens is 2. The zero-order valence-electron chi connectivity index (χ0n) is 17.9.